The van der Waals surface area contributed by atoms with Crippen LogP contribution in [0.4, 0.5) is 0 Å². The van der Waals surface area contributed by atoms with Gasteiger partial charge in [-0.25, -0.2) is 4.85 Å². The van der Waals surface area contributed by atoms with Crippen molar-refractivity contribution < 1.29 is 4.79 Å². The number of hydrogen-bond acceptors (Lipinski definition) is 1. The van der Waals surface area contributed by atoms with E-state index in [0.29, 0.717) is 0 Å². The van der Waals surface area contributed by atoms with Crippen LogP contribution in [0.15, 0.2) is 11.8 Å². The molecule has 0 aromatic rings. The maximum absolute atomic E-state index is 12.4. The molecule has 0 fully saturated rings. The molecule has 0 atom stereocenters. The van der Waals surface area contributed by atoms with Gasteiger partial charge < -0.3 is 4.79 Å². The van der Waals surface area contributed by atoms with Crippen LogP contribution in [-0.4, -0.2) is 5.78 Å². The number of hydrogen-bond donors (Lipinski definition) is 0. The second-order valence-corrected chi connectivity index (χ2v) is 7.21. The third kappa shape index (κ3) is 4.00. The second kappa shape index (κ2) is 4.64. The van der Waals surface area contributed by atoms with Gasteiger partial charge in [-0.2, -0.15) is 0 Å². The van der Waals surface area contributed by atoms with Crippen LogP contribution in [0.3, 0.4) is 0 Å². The second-order valence-electron chi connectivity index (χ2n) is 7.21. The predicted molar refractivity (Wildman–Crippen MR) is 72.4 cm³/mol. The molecule has 0 saturated heterocycles. The molecule has 96 valence electrons. The summed E-state index contributed by atoms with van der Waals surface area (Å²) in [5.41, 5.74) is -0.582. The molecule has 0 aromatic heterocycles. The lowest BCUT2D eigenvalue weighted by Crippen LogP contribution is -2.38. The molecule has 0 N–H and O–H groups in total. The van der Waals surface area contributed by atoms with Crippen molar-refractivity contribution >= 4 is 5.78 Å². The lowest BCUT2D eigenvalue weighted by Gasteiger charge is -2.37. The molecule has 0 aliphatic carbocycles. The average Bonchev–Trinajstić information content (AvgIpc) is 2.09. The fourth-order valence-electron chi connectivity index (χ4n) is 1.22. The highest BCUT2D eigenvalue weighted by molar-refractivity contribution is 6.01. The van der Waals surface area contributed by atoms with Gasteiger partial charge in [-0.1, -0.05) is 61.5 Å². The zero-order valence-electron chi connectivity index (χ0n) is 12.4. The molecule has 0 spiro atoms. The SMILES string of the molecule is [C-]#[N+]/C(=C/C(C)(C)C)C(=O)C(C)(C)C(C)(C)C. The molecule has 0 radical (unpaired) electrons. The van der Waals surface area contributed by atoms with Crippen LogP contribution in [0.1, 0.15) is 55.4 Å². The Bertz CT molecular complexity index is 367. The van der Waals surface area contributed by atoms with Crippen molar-refractivity contribution in [1.82, 2.24) is 0 Å². The maximum atomic E-state index is 12.4. The molecule has 0 heterocycles. The summed E-state index contributed by atoms with van der Waals surface area (Å²) in [7, 11) is 0. The summed E-state index contributed by atoms with van der Waals surface area (Å²) in [5.74, 6) is -0.0603. The summed E-state index contributed by atoms with van der Waals surface area (Å²) in [6.45, 7) is 23.1. The van der Waals surface area contributed by atoms with Crippen LogP contribution in [0.2, 0.25) is 0 Å². The quantitative estimate of drug-likeness (QED) is 0.511. The number of carbonyl (C=O) groups excluding carboxylic acids is 1. The summed E-state index contributed by atoms with van der Waals surface area (Å²) >= 11 is 0. The Morgan fingerprint density at radius 3 is 1.65 bits per heavy atom. The highest BCUT2D eigenvalue weighted by atomic mass is 16.1. The standard InChI is InChI=1S/C15H25NO/c1-13(2,3)10-11(16-9)12(17)15(7,8)14(4,5)6/h10H,1-8H3/b11-10+. The zero-order chi connectivity index (χ0) is 14.1. The first-order chi connectivity index (χ1) is 7.33. The minimum Gasteiger partial charge on any atom is -0.307 e. The third-order valence-electron chi connectivity index (χ3n) is 3.37. The van der Waals surface area contributed by atoms with Gasteiger partial charge in [0.15, 0.2) is 5.78 Å². The Labute approximate surface area is 106 Å². The van der Waals surface area contributed by atoms with Gasteiger partial charge in [0.1, 0.15) is 0 Å². The van der Waals surface area contributed by atoms with Crippen molar-refractivity contribution in [2.45, 2.75) is 55.4 Å². The van der Waals surface area contributed by atoms with Crippen LogP contribution in [0.5, 0.6) is 0 Å². The van der Waals surface area contributed by atoms with Crippen molar-refractivity contribution in [1.29, 1.82) is 0 Å². The molecule has 0 saturated carbocycles. The Hall–Kier alpha value is -1.10. The van der Waals surface area contributed by atoms with Gasteiger partial charge >= 0.3 is 0 Å². The van der Waals surface area contributed by atoms with Gasteiger partial charge in [0.25, 0.3) is 0 Å². The van der Waals surface area contributed by atoms with E-state index in [1.54, 1.807) is 6.08 Å². The number of Topliss-reactive ketones (excluding diaryl/α,β-unsaturated/α-hetero) is 1. The van der Waals surface area contributed by atoms with E-state index in [-0.39, 0.29) is 22.3 Å². The zero-order valence-corrected chi connectivity index (χ0v) is 12.4. The Morgan fingerprint density at radius 1 is 1.00 bits per heavy atom. The molecule has 0 rings (SSSR count). The number of rotatable bonds is 2. The van der Waals surface area contributed by atoms with E-state index in [4.69, 9.17) is 6.57 Å². The highest BCUT2D eigenvalue weighted by Gasteiger charge is 2.41. The monoisotopic (exact) mass is 235 g/mol. The van der Waals surface area contributed by atoms with Crippen molar-refractivity contribution in [3.05, 3.63) is 23.2 Å². The molecule has 0 amide bonds. The Morgan fingerprint density at radius 2 is 1.41 bits per heavy atom. The number of nitrogens with zero attached hydrogens (tertiary/aromatic N) is 1. The molecule has 0 unspecified atom stereocenters. The van der Waals surface area contributed by atoms with Crippen molar-refractivity contribution in [2.75, 3.05) is 0 Å². The molecule has 2 heteroatoms. The Kier molecular flexibility index (Phi) is 4.34. The van der Waals surface area contributed by atoms with E-state index in [1.807, 2.05) is 55.4 Å². The topological polar surface area (TPSA) is 21.4 Å². The molecule has 0 aliphatic heterocycles. The Balaban J connectivity index is 5.47. The predicted octanol–water partition coefficient (Wildman–Crippen LogP) is 4.48. The van der Waals surface area contributed by atoms with Crippen LogP contribution in [0.25, 0.3) is 4.85 Å². The number of ketones is 1. The van der Waals surface area contributed by atoms with Crippen molar-refractivity contribution in [2.24, 2.45) is 16.2 Å². The maximum Gasteiger partial charge on any atom is 0.226 e. The van der Waals surface area contributed by atoms with Crippen LogP contribution >= 0.6 is 0 Å². The highest BCUT2D eigenvalue weighted by Crippen LogP contribution is 2.41. The lowest BCUT2D eigenvalue weighted by atomic mass is 9.66. The first-order valence-corrected chi connectivity index (χ1v) is 5.98. The minimum atomic E-state index is -0.533. The third-order valence-corrected chi connectivity index (χ3v) is 3.37. The van der Waals surface area contributed by atoms with Gasteiger partial charge in [-0.3, -0.25) is 0 Å². The molecule has 0 aliphatic rings. The van der Waals surface area contributed by atoms with E-state index >= 15 is 0 Å². The van der Waals surface area contributed by atoms with Gasteiger partial charge in [0.05, 0.1) is 6.57 Å². The fourth-order valence-corrected chi connectivity index (χ4v) is 1.22. The van der Waals surface area contributed by atoms with E-state index < -0.39 is 5.41 Å². The molecule has 17 heavy (non-hydrogen) atoms. The molecule has 0 aromatic carbocycles. The van der Waals surface area contributed by atoms with Crippen molar-refractivity contribution in [3.63, 3.8) is 0 Å². The number of allylic oxidation sites excluding steroid dienone is 2. The fraction of sp³-hybridized carbons (Fsp3) is 0.733. The smallest absolute Gasteiger partial charge is 0.226 e. The summed E-state index contributed by atoms with van der Waals surface area (Å²) in [5, 5.41) is 0. The summed E-state index contributed by atoms with van der Waals surface area (Å²) in [6.07, 6.45) is 1.77. The van der Waals surface area contributed by atoms with E-state index in [1.165, 1.54) is 0 Å². The van der Waals surface area contributed by atoms with Crippen LogP contribution in [-0.2, 0) is 4.79 Å². The molecule has 0 bridgehead atoms. The van der Waals surface area contributed by atoms with Gasteiger partial charge in [-0.15, -0.1) is 0 Å². The first-order valence-electron chi connectivity index (χ1n) is 5.98. The van der Waals surface area contributed by atoms with Gasteiger partial charge in [0, 0.05) is 5.41 Å². The molecular weight excluding hydrogens is 210 g/mol. The minimum absolute atomic E-state index is 0.0603. The van der Waals surface area contributed by atoms with Crippen LogP contribution in [0, 0.1) is 22.8 Å². The van der Waals surface area contributed by atoms with Gasteiger partial charge in [-0.05, 0) is 10.8 Å². The normalized spacial score (nSPS) is 14.4. The van der Waals surface area contributed by atoms with Crippen molar-refractivity contribution in [3.8, 4) is 0 Å². The largest absolute Gasteiger partial charge is 0.307 e. The molecular formula is C15H25NO. The summed E-state index contributed by atoms with van der Waals surface area (Å²) < 4.78 is 0. The van der Waals surface area contributed by atoms with E-state index in [9.17, 15) is 4.79 Å². The first kappa shape index (κ1) is 15.9. The van der Waals surface area contributed by atoms with Gasteiger partial charge in [0.2, 0.25) is 5.70 Å². The average molecular weight is 235 g/mol. The molecule has 2 nitrogen and oxygen atoms in total. The summed E-state index contributed by atoms with van der Waals surface area (Å²) in [4.78, 5) is 15.9. The van der Waals surface area contributed by atoms with Crippen LogP contribution < -0.4 is 0 Å². The summed E-state index contributed by atoms with van der Waals surface area (Å²) in [6, 6.07) is 0. The lowest BCUT2D eigenvalue weighted by molar-refractivity contribution is -0.128. The number of carbonyl (C=O) groups is 1. The van der Waals surface area contributed by atoms with E-state index in [2.05, 4.69) is 4.85 Å². The van der Waals surface area contributed by atoms with E-state index in [0.717, 1.165) is 0 Å².